The first-order chi connectivity index (χ1) is 14.4. The van der Waals surface area contributed by atoms with Gasteiger partial charge in [0.25, 0.3) is 20.2 Å². The molecule has 1 unspecified atom stereocenters. The minimum absolute atomic E-state index is 0.116. The van der Waals surface area contributed by atoms with Crippen LogP contribution in [0, 0.1) is 0 Å². The van der Waals surface area contributed by atoms with Gasteiger partial charge in [-0.3, -0.25) is 13.8 Å². The molecule has 0 heterocycles. The van der Waals surface area contributed by atoms with Crippen LogP contribution in [0.4, 0.5) is 11.4 Å². The van der Waals surface area contributed by atoms with Crippen LogP contribution in [0.1, 0.15) is 0 Å². The van der Waals surface area contributed by atoms with Crippen LogP contribution in [-0.2, 0) is 31.5 Å². The maximum atomic E-state index is 12.4. The predicted molar refractivity (Wildman–Crippen MR) is 108 cm³/mol. The molecular weight excluding hydrogens is 478 g/mol. The van der Waals surface area contributed by atoms with Crippen molar-refractivity contribution in [3.05, 3.63) is 30.3 Å². The zero-order valence-electron chi connectivity index (χ0n) is 16.2. The second-order valence-corrected chi connectivity index (χ2v) is 9.22. The number of benzene rings is 2. The SMILES string of the molecule is CN=Nc1cc(NS(=O)Oc2cc(S(=O)(=O)O)cc(S(=O)(=O)O)c2)c(OC)cc1OC. The maximum Gasteiger partial charge on any atom is 0.316 e. The van der Waals surface area contributed by atoms with Gasteiger partial charge in [0.05, 0.1) is 29.7 Å². The molecule has 2 rings (SSSR count). The van der Waals surface area contributed by atoms with Gasteiger partial charge in [-0.05, 0) is 12.1 Å². The van der Waals surface area contributed by atoms with Gasteiger partial charge in [0.15, 0.2) is 0 Å². The summed E-state index contributed by atoms with van der Waals surface area (Å²) in [4.78, 5) is -1.80. The predicted octanol–water partition coefficient (Wildman–Crippen LogP) is 1.98. The molecular formula is C15H17N3O10S3. The molecule has 2 aromatic carbocycles. The van der Waals surface area contributed by atoms with E-state index in [1.165, 1.54) is 33.4 Å². The minimum Gasteiger partial charge on any atom is -0.494 e. The van der Waals surface area contributed by atoms with Gasteiger partial charge in [0, 0.05) is 25.2 Å². The van der Waals surface area contributed by atoms with E-state index in [9.17, 15) is 30.1 Å². The molecule has 0 amide bonds. The fourth-order valence-corrected chi connectivity index (χ4v) is 4.05. The Hall–Kier alpha value is -2.79. The highest BCUT2D eigenvalue weighted by atomic mass is 32.2. The zero-order chi connectivity index (χ0) is 23.4. The Morgan fingerprint density at radius 1 is 0.903 bits per heavy atom. The van der Waals surface area contributed by atoms with E-state index in [2.05, 4.69) is 15.0 Å². The first kappa shape index (κ1) is 24.5. The largest absolute Gasteiger partial charge is 0.494 e. The summed E-state index contributed by atoms with van der Waals surface area (Å²) in [6.07, 6.45) is 0. The number of anilines is 1. The number of hydrogen-bond acceptors (Lipinski definition) is 10. The summed E-state index contributed by atoms with van der Waals surface area (Å²) in [6, 6.07) is 4.74. The van der Waals surface area contributed by atoms with Crippen LogP contribution >= 0.6 is 0 Å². The van der Waals surface area contributed by atoms with Crippen molar-refractivity contribution in [2.45, 2.75) is 9.79 Å². The van der Waals surface area contributed by atoms with Gasteiger partial charge in [-0.25, -0.2) is 0 Å². The molecule has 0 radical (unpaired) electrons. The summed E-state index contributed by atoms with van der Waals surface area (Å²) in [5, 5.41) is 7.49. The number of nitrogens with one attached hydrogen (secondary N) is 1. The van der Waals surface area contributed by atoms with Crippen molar-refractivity contribution in [2.75, 3.05) is 26.0 Å². The average molecular weight is 496 g/mol. The molecule has 1 atom stereocenters. The molecule has 0 fully saturated rings. The summed E-state index contributed by atoms with van der Waals surface area (Å²) in [5.41, 5.74) is 0.373. The van der Waals surface area contributed by atoms with Gasteiger partial charge in [-0.1, -0.05) is 0 Å². The highest BCUT2D eigenvalue weighted by molar-refractivity contribution is 7.86. The number of nitrogens with zero attached hydrogens (tertiary/aromatic N) is 2. The number of methoxy groups -OCH3 is 2. The summed E-state index contributed by atoms with van der Waals surface area (Å²) in [7, 11) is -5.58. The number of azo groups is 1. The Kier molecular flexibility index (Phi) is 7.55. The van der Waals surface area contributed by atoms with E-state index in [0.29, 0.717) is 23.9 Å². The molecule has 0 aliphatic rings. The third kappa shape index (κ3) is 6.34. The normalized spacial score (nSPS) is 13.1. The van der Waals surface area contributed by atoms with Crippen LogP contribution in [-0.4, -0.2) is 51.4 Å². The van der Waals surface area contributed by atoms with Crippen molar-refractivity contribution in [3.8, 4) is 17.2 Å². The molecule has 0 bridgehead atoms. The van der Waals surface area contributed by atoms with E-state index < -0.39 is 47.0 Å². The minimum atomic E-state index is -4.86. The van der Waals surface area contributed by atoms with Gasteiger partial charge in [0.1, 0.15) is 22.9 Å². The summed E-state index contributed by atoms with van der Waals surface area (Å²) >= 11 is -2.42. The van der Waals surface area contributed by atoms with Crippen molar-refractivity contribution in [2.24, 2.45) is 10.2 Å². The van der Waals surface area contributed by atoms with Crippen molar-refractivity contribution < 1.29 is 43.8 Å². The first-order valence-electron chi connectivity index (χ1n) is 7.91. The van der Waals surface area contributed by atoms with Crippen LogP contribution in [0.25, 0.3) is 0 Å². The zero-order valence-corrected chi connectivity index (χ0v) is 18.6. The smallest absolute Gasteiger partial charge is 0.316 e. The lowest BCUT2D eigenvalue weighted by Crippen LogP contribution is -2.13. The molecule has 0 saturated carbocycles. The maximum absolute atomic E-state index is 12.4. The number of hydrogen-bond donors (Lipinski definition) is 3. The van der Waals surface area contributed by atoms with Crippen LogP contribution in [0.2, 0.25) is 0 Å². The quantitative estimate of drug-likeness (QED) is 0.342. The van der Waals surface area contributed by atoms with E-state index in [1.54, 1.807) is 0 Å². The van der Waals surface area contributed by atoms with E-state index in [1.807, 2.05) is 0 Å². The Bertz CT molecular complexity index is 1190. The molecule has 170 valence electrons. The topological polar surface area (TPSA) is 190 Å². The second kappa shape index (κ2) is 9.56. The Morgan fingerprint density at radius 3 is 1.90 bits per heavy atom. The summed E-state index contributed by atoms with van der Waals surface area (Å²) in [6.45, 7) is 0. The average Bonchev–Trinajstić information content (AvgIpc) is 2.66. The molecule has 2 aromatic rings. The van der Waals surface area contributed by atoms with Gasteiger partial charge in [-0.2, -0.15) is 31.3 Å². The Balaban J connectivity index is 2.42. The van der Waals surface area contributed by atoms with Gasteiger partial charge in [-0.15, -0.1) is 0 Å². The van der Waals surface area contributed by atoms with Crippen molar-refractivity contribution in [1.82, 2.24) is 0 Å². The fourth-order valence-electron chi connectivity index (χ4n) is 2.24. The van der Waals surface area contributed by atoms with E-state index in [0.717, 1.165) is 0 Å². The molecule has 0 spiro atoms. The first-order valence-corrected chi connectivity index (χ1v) is 11.9. The lowest BCUT2D eigenvalue weighted by Gasteiger charge is -2.14. The third-order valence-electron chi connectivity index (χ3n) is 3.52. The summed E-state index contributed by atoms with van der Waals surface area (Å²) < 4.78 is 94.0. The van der Waals surface area contributed by atoms with Crippen molar-refractivity contribution in [3.63, 3.8) is 0 Å². The van der Waals surface area contributed by atoms with Gasteiger partial charge >= 0.3 is 11.3 Å². The van der Waals surface area contributed by atoms with Crippen molar-refractivity contribution in [1.29, 1.82) is 0 Å². The van der Waals surface area contributed by atoms with E-state index in [4.69, 9.17) is 13.7 Å². The van der Waals surface area contributed by atoms with Gasteiger partial charge in [0.2, 0.25) is 0 Å². The second-order valence-electron chi connectivity index (χ2n) is 5.53. The lowest BCUT2D eigenvalue weighted by atomic mass is 10.2. The Morgan fingerprint density at radius 2 is 1.45 bits per heavy atom. The molecule has 16 heteroatoms. The highest BCUT2D eigenvalue weighted by Crippen LogP contribution is 2.38. The molecule has 0 saturated heterocycles. The molecule has 31 heavy (non-hydrogen) atoms. The van der Waals surface area contributed by atoms with Crippen LogP contribution in [0.5, 0.6) is 17.2 Å². The molecule has 13 nitrogen and oxygen atoms in total. The van der Waals surface area contributed by atoms with Gasteiger partial charge < -0.3 is 13.7 Å². The van der Waals surface area contributed by atoms with Crippen molar-refractivity contribution >= 4 is 42.9 Å². The monoisotopic (exact) mass is 495 g/mol. The third-order valence-corrected chi connectivity index (χ3v) is 5.92. The van der Waals surface area contributed by atoms with Crippen LogP contribution < -0.4 is 18.4 Å². The molecule has 0 aliphatic carbocycles. The van der Waals surface area contributed by atoms with E-state index in [-0.39, 0.29) is 17.1 Å². The number of ether oxygens (including phenoxy) is 2. The molecule has 3 N–H and O–H groups in total. The molecule has 0 aromatic heterocycles. The standard InChI is InChI=1S/C15H17N3O10S3/c1-16-17-12-7-13(15(27-3)8-14(12)26-2)18-29(19)28-9-4-10(30(20,21)22)6-11(5-9)31(23,24)25/h4-8,18H,1-3H3,(H,20,21,22)(H,23,24,25). The fraction of sp³-hybridized carbons (Fsp3) is 0.200. The highest BCUT2D eigenvalue weighted by Gasteiger charge is 2.20. The van der Waals surface area contributed by atoms with E-state index >= 15 is 0 Å². The van der Waals surface area contributed by atoms with Crippen LogP contribution in [0.15, 0.2) is 50.4 Å². The Labute approximate surface area is 180 Å². The summed E-state index contributed by atoms with van der Waals surface area (Å²) in [5.74, 6) is -0.0676. The number of rotatable bonds is 9. The lowest BCUT2D eigenvalue weighted by molar-refractivity contribution is 0.396. The van der Waals surface area contributed by atoms with Crippen LogP contribution in [0.3, 0.4) is 0 Å². The molecule has 0 aliphatic heterocycles.